The quantitative estimate of drug-likeness (QED) is 0.587. The topological polar surface area (TPSA) is 62.3 Å². The highest BCUT2D eigenvalue weighted by atomic mass is 16.5. The first-order chi connectivity index (χ1) is 8.93. The van der Waals surface area contributed by atoms with Gasteiger partial charge in [0.2, 0.25) is 0 Å². The van der Waals surface area contributed by atoms with E-state index in [0.29, 0.717) is 11.3 Å². The smallest absolute Gasteiger partial charge is 0.130 e. The lowest BCUT2D eigenvalue weighted by Crippen LogP contribution is -2.20. The van der Waals surface area contributed by atoms with Crippen LogP contribution in [0.4, 0.5) is 0 Å². The summed E-state index contributed by atoms with van der Waals surface area (Å²) in [6, 6.07) is 5.82. The van der Waals surface area contributed by atoms with Crippen LogP contribution in [-0.4, -0.2) is 31.4 Å². The highest BCUT2D eigenvalue weighted by molar-refractivity contribution is 5.97. The van der Waals surface area contributed by atoms with Crippen LogP contribution in [0, 0.1) is 11.3 Å². The molecule has 106 valence electrons. The first-order valence-corrected chi connectivity index (χ1v) is 6.64. The number of amidine groups is 1. The average Bonchev–Trinajstić information content (AvgIpc) is 2.35. The van der Waals surface area contributed by atoms with Crippen LogP contribution in [0.3, 0.4) is 0 Å². The van der Waals surface area contributed by atoms with E-state index in [1.54, 1.807) is 7.11 Å². The molecule has 0 heterocycles. The van der Waals surface area contributed by atoms with E-state index >= 15 is 0 Å². The third kappa shape index (κ3) is 4.91. The maximum Gasteiger partial charge on any atom is 0.130 e. The molecule has 0 aliphatic rings. The van der Waals surface area contributed by atoms with Crippen molar-refractivity contribution >= 4 is 5.84 Å². The molecule has 0 fully saturated rings. The predicted molar refractivity (Wildman–Crippen MR) is 79.8 cm³/mol. The minimum Gasteiger partial charge on any atom is -0.496 e. The van der Waals surface area contributed by atoms with E-state index in [9.17, 15) is 0 Å². The van der Waals surface area contributed by atoms with Crippen LogP contribution < -0.4 is 10.5 Å². The van der Waals surface area contributed by atoms with Gasteiger partial charge in [-0.25, -0.2) is 0 Å². The lowest BCUT2D eigenvalue weighted by Gasteiger charge is -2.18. The van der Waals surface area contributed by atoms with Crippen LogP contribution in [0.2, 0.25) is 0 Å². The summed E-state index contributed by atoms with van der Waals surface area (Å²) in [4.78, 5) is 2.29. The molecule has 0 aromatic heterocycles. The summed E-state index contributed by atoms with van der Waals surface area (Å²) in [5.74, 6) is 1.43. The fraction of sp³-hybridized carbons (Fsp3) is 0.533. The van der Waals surface area contributed by atoms with Gasteiger partial charge < -0.3 is 15.4 Å². The Hall–Kier alpha value is -1.55. The van der Waals surface area contributed by atoms with E-state index in [-0.39, 0.29) is 5.84 Å². The Morgan fingerprint density at radius 2 is 2.11 bits per heavy atom. The monoisotopic (exact) mass is 263 g/mol. The number of methoxy groups -OCH3 is 1. The van der Waals surface area contributed by atoms with Gasteiger partial charge >= 0.3 is 0 Å². The predicted octanol–water partition coefficient (Wildman–Crippen LogP) is 2.46. The molecule has 19 heavy (non-hydrogen) atoms. The molecule has 0 unspecified atom stereocenters. The van der Waals surface area contributed by atoms with E-state index in [4.69, 9.17) is 15.9 Å². The summed E-state index contributed by atoms with van der Waals surface area (Å²) in [5.41, 5.74) is 7.34. The van der Waals surface area contributed by atoms with E-state index < -0.39 is 0 Å². The number of rotatable bonds is 7. The van der Waals surface area contributed by atoms with Crippen molar-refractivity contribution in [3.8, 4) is 5.75 Å². The Bertz CT molecular complexity index is 429. The van der Waals surface area contributed by atoms with Crippen LogP contribution in [0.25, 0.3) is 0 Å². The Morgan fingerprint density at radius 3 is 2.63 bits per heavy atom. The van der Waals surface area contributed by atoms with Crippen LogP contribution in [-0.2, 0) is 6.54 Å². The number of nitrogens with two attached hydrogens (primary N) is 1. The van der Waals surface area contributed by atoms with Gasteiger partial charge in [0.25, 0.3) is 0 Å². The molecule has 0 amide bonds. The number of nitrogen functional groups attached to an aromatic ring is 1. The van der Waals surface area contributed by atoms with Crippen molar-refractivity contribution in [2.45, 2.75) is 26.8 Å². The summed E-state index contributed by atoms with van der Waals surface area (Å²) in [6.45, 7) is 6.42. The number of hydrogen-bond donors (Lipinski definition) is 2. The summed E-state index contributed by atoms with van der Waals surface area (Å²) >= 11 is 0. The van der Waals surface area contributed by atoms with Gasteiger partial charge in [-0.05, 0) is 43.6 Å². The second-order valence-electron chi connectivity index (χ2n) is 5.37. The van der Waals surface area contributed by atoms with Gasteiger partial charge in [-0.15, -0.1) is 0 Å². The number of nitrogens with one attached hydrogen (secondary N) is 1. The second kappa shape index (κ2) is 7.14. The largest absolute Gasteiger partial charge is 0.496 e. The first-order valence-electron chi connectivity index (χ1n) is 6.64. The van der Waals surface area contributed by atoms with Crippen molar-refractivity contribution in [1.82, 2.24) is 4.90 Å². The lowest BCUT2D eigenvalue weighted by atomic mass is 10.1. The van der Waals surface area contributed by atoms with Gasteiger partial charge in [0.05, 0.1) is 12.7 Å². The third-order valence-electron chi connectivity index (χ3n) is 3.10. The average molecular weight is 263 g/mol. The van der Waals surface area contributed by atoms with E-state index in [1.807, 2.05) is 18.2 Å². The summed E-state index contributed by atoms with van der Waals surface area (Å²) in [6.07, 6.45) is 1.19. The van der Waals surface area contributed by atoms with Crippen molar-refractivity contribution in [2.75, 3.05) is 20.7 Å². The lowest BCUT2D eigenvalue weighted by molar-refractivity contribution is 0.303. The molecule has 1 aromatic rings. The minimum absolute atomic E-state index is 0.0385. The zero-order chi connectivity index (χ0) is 14.4. The molecule has 0 aliphatic heterocycles. The molecule has 1 rings (SSSR count). The highest BCUT2D eigenvalue weighted by Crippen LogP contribution is 2.20. The normalized spacial score (nSPS) is 11.1. The Morgan fingerprint density at radius 1 is 1.42 bits per heavy atom. The zero-order valence-electron chi connectivity index (χ0n) is 12.4. The Labute approximate surface area is 116 Å². The standard InChI is InChI=1S/C15H25N3O/c1-11(2)7-8-18(3)10-12-5-6-13(15(16)17)14(9-12)19-4/h5-6,9,11H,7-8,10H2,1-4H3,(H3,16,17). The fourth-order valence-electron chi connectivity index (χ4n) is 1.93. The molecular weight excluding hydrogens is 238 g/mol. The van der Waals surface area contributed by atoms with Crippen molar-refractivity contribution in [1.29, 1.82) is 5.41 Å². The van der Waals surface area contributed by atoms with Crippen molar-refractivity contribution in [2.24, 2.45) is 11.7 Å². The van der Waals surface area contributed by atoms with Gasteiger partial charge in [0.1, 0.15) is 11.6 Å². The zero-order valence-corrected chi connectivity index (χ0v) is 12.4. The van der Waals surface area contributed by atoms with E-state index in [1.165, 1.54) is 12.0 Å². The van der Waals surface area contributed by atoms with Crippen LogP contribution >= 0.6 is 0 Å². The number of hydrogen-bond acceptors (Lipinski definition) is 3. The highest BCUT2D eigenvalue weighted by Gasteiger charge is 2.08. The molecule has 4 heteroatoms. The molecule has 1 aromatic carbocycles. The number of nitrogens with zero attached hydrogens (tertiary/aromatic N) is 1. The molecule has 0 saturated heterocycles. The van der Waals surface area contributed by atoms with Gasteiger partial charge in [0.15, 0.2) is 0 Å². The third-order valence-corrected chi connectivity index (χ3v) is 3.10. The van der Waals surface area contributed by atoms with Gasteiger partial charge in [-0.1, -0.05) is 19.9 Å². The van der Waals surface area contributed by atoms with Gasteiger partial charge in [-0.2, -0.15) is 0 Å². The van der Waals surface area contributed by atoms with E-state index in [0.717, 1.165) is 19.0 Å². The molecule has 0 aliphatic carbocycles. The number of benzene rings is 1. The van der Waals surface area contributed by atoms with Crippen LogP contribution in [0.15, 0.2) is 18.2 Å². The van der Waals surface area contributed by atoms with Crippen LogP contribution in [0.5, 0.6) is 5.75 Å². The maximum absolute atomic E-state index is 7.49. The van der Waals surface area contributed by atoms with E-state index in [2.05, 4.69) is 25.8 Å². The molecule has 0 radical (unpaired) electrons. The van der Waals surface area contributed by atoms with Crippen LogP contribution in [0.1, 0.15) is 31.4 Å². The molecule has 3 N–H and O–H groups in total. The fourth-order valence-corrected chi connectivity index (χ4v) is 1.93. The molecule has 0 bridgehead atoms. The van der Waals surface area contributed by atoms with Crippen molar-refractivity contribution in [3.63, 3.8) is 0 Å². The minimum atomic E-state index is 0.0385. The van der Waals surface area contributed by atoms with Crippen molar-refractivity contribution in [3.05, 3.63) is 29.3 Å². The summed E-state index contributed by atoms with van der Waals surface area (Å²) in [7, 11) is 3.72. The summed E-state index contributed by atoms with van der Waals surface area (Å²) in [5, 5.41) is 7.49. The molecular formula is C15H25N3O. The Kier molecular flexibility index (Phi) is 5.83. The summed E-state index contributed by atoms with van der Waals surface area (Å²) < 4.78 is 5.29. The maximum atomic E-state index is 7.49. The molecule has 4 nitrogen and oxygen atoms in total. The Balaban J connectivity index is 2.71. The molecule has 0 spiro atoms. The van der Waals surface area contributed by atoms with Crippen molar-refractivity contribution < 1.29 is 4.74 Å². The first kappa shape index (κ1) is 15.5. The van der Waals surface area contributed by atoms with Gasteiger partial charge in [-0.3, -0.25) is 5.41 Å². The molecule has 0 atom stereocenters. The SMILES string of the molecule is COc1cc(CN(C)CCC(C)C)ccc1C(=N)N. The second-order valence-corrected chi connectivity index (χ2v) is 5.37. The van der Waals surface area contributed by atoms with Gasteiger partial charge in [0, 0.05) is 6.54 Å². The number of ether oxygens (including phenoxy) is 1. The molecule has 0 saturated carbocycles.